The van der Waals surface area contributed by atoms with Crippen LogP contribution >= 0.6 is 11.8 Å². The molecule has 0 spiro atoms. The average molecular weight is 330 g/mol. The number of hydrogen-bond acceptors (Lipinski definition) is 6. The van der Waals surface area contributed by atoms with E-state index >= 15 is 0 Å². The SMILES string of the molecule is CCSCCn1nnc(C(=O)O)c1CNC(=O)OC(C)(C)C. The number of hydrogen-bond donors (Lipinski definition) is 2. The fourth-order valence-electron chi connectivity index (χ4n) is 1.62. The third-order valence-corrected chi connectivity index (χ3v) is 3.37. The number of nitrogens with zero attached hydrogens (tertiary/aromatic N) is 3. The van der Waals surface area contributed by atoms with Crippen molar-refractivity contribution in [3.63, 3.8) is 0 Å². The largest absolute Gasteiger partial charge is 0.476 e. The molecule has 0 bridgehead atoms. The van der Waals surface area contributed by atoms with Gasteiger partial charge in [-0.2, -0.15) is 11.8 Å². The molecule has 0 unspecified atom stereocenters. The second-order valence-electron chi connectivity index (χ2n) is 5.47. The van der Waals surface area contributed by atoms with Crippen molar-refractivity contribution in [3.05, 3.63) is 11.4 Å². The molecule has 9 heteroatoms. The molecule has 2 N–H and O–H groups in total. The van der Waals surface area contributed by atoms with Gasteiger partial charge in [-0.05, 0) is 26.5 Å². The number of carboxylic acid groups (broad SMARTS) is 1. The lowest BCUT2D eigenvalue weighted by Crippen LogP contribution is -2.33. The molecule has 0 fully saturated rings. The summed E-state index contributed by atoms with van der Waals surface area (Å²) in [6, 6.07) is 0. The van der Waals surface area contributed by atoms with E-state index in [-0.39, 0.29) is 12.2 Å². The van der Waals surface area contributed by atoms with Gasteiger partial charge >= 0.3 is 12.1 Å². The van der Waals surface area contributed by atoms with Gasteiger partial charge in [0.2, 0.25) is 0 Å². The molecule has 0 aliphatic carbocycles. The normalized spacial score (nSPS) is 11.3. The minimum atomic E-state index is -1.17. The van der Waals surface area contributed by atoms with E-state index in [1.807, 2.05) is 6.92 Å². The third-order valence-electron chi connectivity index (χ3n) is 2.49. The summed E-state index contributed by atoms with van der Waals surface area (Å²) in [6.07, 6.45) is -0.612. The van der Waals surface area contributed by atoms with E-state index in [0.29, 0.717) is 12.2 Å². The Morgan fingerprint density at radius 1 is 1.41 bits per heavy atom. The zero-order valence-corrected chi connectivity index (χ0v) is 14.1. The van der Waals surface area contributed by atoms with E-state index in [2.05, 4.69) is 15.6 Å². The van der Waals surface area contributed by atoms with Crippen molar-refractivity contribution in [2.45, 2.75) is 46.4 Å². The van der Waals surface area contributed by atoms with Gasteiger partial charge in [0.15, 0.2) is 5.69 Å². The zero-order valence-electron chi connectivity index (χ0n) is 13.3. The number of carboxylic acids is 1. The maximum atomic E-state index is 11.7. The van der Waals surface area contributed by atoms with Gasteiger partial charge in [-0.25, -0.2) is 14.3 Å². The zero-order chi connectivity index (χ0) is 16.8. The van der Waals surface area contributed by atoms with Crippen LogP contribution in [0.2, 0.25) is 0 Å². The number of ether oxygens (including phenoxy) is 1. The molecular formula is C13H22N4O4S. The predicted octanol–water partition coefficient (Wildman–Crippen LogP) is 1.75. The highest BCUT2D eigenvalue weighted by Gasteiger charge is 2.21. The Hall–Kier alpha value is -1.77. The summed E-state index contributed by atoms with van der Waals surface area (Å²) in [5, 5.41) is 19.2. The van der Waals surface area contributed by atoms with E-state index < -0.39 is 17.7 Å². The summed E-state index contributed by atoms with van der Waals surface area (Å²) >= 11 is 1.71. The van der Waals surface area contributed by atoms with Gasteiger partial charge in [0, 0.05) is 5.75 Å². The Balaban J connectivity index is 2.75. The number of aromatic nitrogens is 3. The standard InChI is InChI=1S/C13H22N4O4S/c1-5-22-7-6-17-9(10(11(18)19)15-16-17)8-14-12(20)21-13(2,3)4/h5-8H2,1-4H3,(H,14,20)(H,18,19). The maximum Gasteiger partial charge on any atom is 0.407 e. The van der Waals surface area contributed by atoms with Gasteiger partial charge in [0.1, 0.15) is 5.60 Å². The van der Waals surface area contributed by atoms with Gasteiger partial charge in [0.05, 0.1) is 18.8 Å². The quantitative estimate of drug-likeness (QED) is 0.734. The first-order valence-corrected chi connectivity index (χ1v) is 8.10. The maximum absolute atomic E-state index is 11.7. The van der Waals surface area contributed by atoms with Crippen molar-refractivity contribution in [2.24, 2.45) is 0 Å². The van der Waals surface area contributed by atoms with E-state index in [4.69, 9.17) is 9.84 Å². The molecule has 0 aliphatic rings. The second kappa shape index (κ2) is 8.02. The molecule has 1 amide bonds. The number of carbonyl (C=O) groups is 2. The Labute approximate surface area is 133 Å². The molecular weight excluding hydrogens is 308 g/mol. The van der Waals surface area contributed by atoms with Crippen LogP contribution < -0.4 is 5.32 Å². The Kier molecular flexibility index (Phi) is 6.66. The molecule has 0 saturated carbocycles. The van der Waals surface area contributed by atoms with Gasteiger partial charge < -0.3 is 15.2 Å². The molecule has 1 aromatic rings. The monoisotopic (exact) mass is 330 g/mol. The smallest absolute Gasteiger partial charge is 0.407 e. The summed E-state index contributed by atoms with van der Waals surface area (Å²) in [6.45, 7) is 7.83. The minimum absolute atomic E-state index is 0.000336. The fourth-order valence-corrected chi connectivity index (χ4v) is 2.21. The van der Waals surface area contributed by atoms with Crippen molar-refractivity contribution < 1.29 is 19.4 Å². The van der Waals surface area contributed by atoms with Crippen LogP contribution in [-0.4, -0.2) is 49.3 Å². The van der Waals surface area contributed by atoms with E-state index in [9.17, 15) is 9.59 Å². The van der Waals surface area contributed by atoms with Crippen LogP contribution in [0, 0.1) is 0 Å². The van der Waals surface area contributed by atoms with Crippen molar-refractivity contribution >= 4 is 23.8 Å². The van der Waals surface area contributed by atoms with Gasteiger partial charge in [-0.3, -0.25) is 0 Å². The molecule has 1 heterocycles. The first-order chi connectivity index (χ1) is 10.2. The number of amides is 1. The summed E-state index contributed by atoms with van der Waals surface area (Å²) in [7, 11) is 0. The lowest BCUT2D eigenvalue weighted by Gasteiger charge is -2.19. The van der Waals surface area contributed by atoms with Gasteiger partial charge in [-0.15, -0.1) is 5.10 Å². The predicted molar refractivity (Wildman–Crippen MR) is 83.1 cm³/mol. The molecule has 0 radical (unpaired) electrons. The molecule has 0 atom stereocenters. The van der Waals surface area contributed by atoms with Gasteiger partial charge in [0.25, 0.3) is 0 Å². The van der Waals surface area contributed by atoms with E-state index in [1.165, 1.54) is 4.68 Å². The van der Waals surface area contributed by atoms with Crippen LogP contribution in [-0.2, 0) is 17.8 Å². The average Bonchev–Trinajstić information content (AvgIpc) is 2.78. The summed E-state index contributed by atoms with van der Waals surface area (Å²) in [5.41, 5.74) is -0.414. The van der Waals surface area contributed by atoms with Crippen LogP contribution in [0.4, 0.5) is 4.79 Å². The third kappa shape index (κ3) is 5.92. The Morgan fingerprint density at radius 3 is 2.64 bits per heavy atom. The number of rotatable bonds is 7. The van der Waals surface area contributed by atoms with Crippen molar-refractivity contribution in [1.29, 1.82) is 0 Å². The lowest BCUT2D eigenvalue weighted by molar-refractivity contribution is 0.0519. The van der Waals surface area contributed by atoms with Crippen molar-refractivity contribution in [1.82, 2.24) is 20.3 Å². The number of aromatic carboxylic acids is 1. The van der Waals surface area contributed by atoms with Crippen molar-refractivity contribution in [3.8, 4) is 0 Å². The molecule has 124 valence electrons. The second-order valence-corrected chi connectivity index (χ2v) is 6.86. The molecule has 0 saturated heterocycles. The molecule has 22 heavy (non-hydrogen) atoms. The fraction of sp³-hybridized carbons (Fsp3) is 0.692. The highest BCUT2D eigenvalue weighted by molar-refractivity contribution is 7.99. The highest BCUT2D eigenvalue weighted by Crippen LogP contribution is 2.10. The lowest BCUT2D eigenvalue weighted by atomic mass is 10.2. The molecule has 0 aromatic carbocycles. The summed E-state index contributed by atoms with van der Waals surface area (Å²) < 4.78 is 6.63. The molecule has 8 nitrogen and oxygen atoms in total. The highest BCUT2D eigenvalue weighted by atomic mass is 32.2. The number of nitrogens with one attached hydrogen (secondary N) is 1. The first kappa shape index (κ1) is 18.3. The van der Waals surface area contributed by atoms with Crippen LogP contribution in [0.15, 0.2) is 0 Å². The topological polar surface area (TPSA) is 106 Å². The number of alkyl carbamates (subject to hydrolysis) is 1. The van der Waals surface area contributed by atoms with Crippen molar-refractivity contribution in [2.75, 3.05) is 11.5 Å². The molecule has 1 aromatic heterocycles. The van der Waals surface area contributed by atoms with Crippen LogP contribution in [0.3, 0.4) is 0 Å². The van der Waals surface area contributed by atoms with E-state index in [1.54, 1.807) is 32.5 Å². The van der Waals surface area contributed by atoms with Crippen LogP contribution in [0.25, 0.3) is 0 Å². The van der Waals surface area contributed by atoms with Crippen LogP contribution in [0.5, 0.6) is 0 Å². The summed E-state index contributed by atoms with van der Waals surface area (Å²) in [5.74, 6) is 0.583. The number of thioether (sulfide) groups is 1. The minimum Gasteiger partial charge on any atom is -0.476 e. The molecule has 0 aliphatic heterocycles. The van der Waals surface area contributed by atoms with Gasteiger partial charge in [-0.1, -0.05) is 12.1 Å². The van der Waals surface area contributed by atoms with Crippen LogP contribution in [0.1, 0.15) is 43.9 Å². The Morgan fingerprint density at radius 2 is 2.09 bits per heavy atom. The number of carbonyl (C=O) groups excluding carboxylic acids is 1. The number of aryl methyl sites for hydroxylation is 1. The Bertz CT molecular complexity index is 525. The first-order valence-electron chi connectivity index (χ1n) is 6.95. The van der Waals surface area contributed by atoms with E-state index in [0.717, 1.165) is 11.5 Å². The molecule has 1 rings (SSSR count). The summed E-state index contributed by atoms with van der Waals surface area (Å²) in [4.78, 5) is 22.8.